The average molecular weight is 255 g/mol. The summed E-state index contributed by atoms with van der Waals surface area (Å²) < 4.78 is 1.14. The van der Waals surface area contributed by atoms with Gasteiger partial charge in [0, 0.05) is 23.6 Å². The lowest BCUT2D eigenvalue weighted by Gasteiger charge is -2.10. The predicted octanol–water partition coefficient (Wildman–Crippen LogP) is 1.90. The van der Waals surface area contributed by atoms with Crippen molar-refractivity contribution in [3.8, 4) is 0 Å². The summed E-state index contributed by atoms with van der Waals surface area (Å²) in [7, 11) is 0. The summed E-state index contributed by atoms with van der Waals surface area (Å²) in [5.74, 6) is 0. The van der Waals surface area contributed by atoms with Crippen LogP contribution in [0.4, 0.5) is 0 Å². The Morgan fingerprint density at radius 1 is 1.36 bits per heavy atom. The fourth-order valence-corrected chi connectivity index (χ4v) is 1.96. The number of hydrogen-bond acceptors (Lipinski definition) is 2. The molecule has 76 valence electrons. The van der Waals surface area contributed by atoms with Crippen molar-refractivity contribution in [2.45, 2.75) is 19.0 Å². The molecular weight excluding hydrogens is 240 g/mol. The van der Waals surface area contributed by atoms with Gasteiger partial charge < -0.3 is 10.6 Å². The lowest BCUT2D eigenvalue weighted by atomic mass is 10.2. The van der Waals surface area contributed by atoms with E-state index in [2.05, 4.69) is 50.8 Å². The summed E-state index contributed by atoms with van der Waals surface area (Å²) in [6, 6.07) is 9.13. The van der Waals surface area contributed by atoms with Gasteiger partial charge in [-0.05, 0) is 30.7 Å². The van der Waals surface area contributed by atoms with Gasteiger partial charge in [0.15, 0.2) is 0 Å². The Morgan fingerprint density at radius 3 is 2.79 bits per heavy atom. The van der Waals surface area contributed by atoms with Crippen molar-refractivity contribution in [3.05, 3.63) is 34.3 Å². The number of nitrogens with one attached hydrogen (secondary N) is 2. The second-order valence-corrected chi connectivity index (χ2v) is 4.61. The standard InChI is InChI=1S/C11H15BrN2/c12-10-3-1-9(2-4-10)7-14-11-5-6-13-8-11/h1-4,11,13-14H,5-8H2. The van der Waals surface area contributed by atoms with Crippen molar-refractivity contribution < 1.29 is 0 Å². The highest BCUT2D eigenvalue weighted by Crippen LogP contribution is 2.10. The summed E-state index contributed by atoms with van der Waals surface area (Å²) >= 11 is 3.43. The zero-order chi connectivity index (χ0) is 9.80. The molecule has 2 N–H and O–H groups in total. The smallest absolute Gasteiger partial charge is 0.0208 e. The number of hydrogen-bond donors (Lipinski definition) is 2. The summed E-state index contributed by atoms with van der Waals surface area (Å²) in [6.07, 6.45) is 1.25. The zero-order valence-corrected chi connectivity index (χ0v) is 9.68. The molecule has 0 saturated carbocycles. The van der Waals surface area contributed by atoms with Crippen LogP contribution in [0, 0.1) is 0 Å². The Morgan fingerprint density at radius 2 is 2.14 bits per heavy atom. The van der Waals surface area contributed by atoms with Crippen molar-refractivity contribution >= 4 is 15.9 Å². The molecule has 1 unspecified atom stereocenters. The first-order chi connectivity index (χ1) is 6.84. The van der Waals surface area contributed by atoms with Crippen molar-refractivity contribution in [1.29, 1.82) is 0 Å². The maximum absolute atomic E-state index is 3.54. The normalized spacial score (nSPS) is 21.4. The molecule has 2 nitrogen and oxygen atoms in total. The lowest BCUT2D eigenvalue weighted by molar-refractivity contribution is 0.547. The van der Waals surface area contributed by atoms with Crippen molar-refractivity contribution in [3.63, 3.8) is 0 Å². The first kappa shape index (κ1) is 10.1. The molecule has 1 aliphatic heterocycles. The Bertz CT molecular complexity index is 278. The Kier molecular flexibility index (Phi) is 3.56. The van der Waals surface area contributed by atoms with Crippen molar-refractivity contribution in [2.24, 2.45) is 0 Å². The Balaban J connectivity index is 1.82. The molecule has 1 atom stereocenters. The van der Waals surface area contributed by atoms with Crippen LogP contribution in [0.25, 0.3) is 0 Å². The van der Waals surface area contributed by atoms with E-state index in [0.29, 0.717) is 6.04 Å². The number of benzene rings is 1. The SMILES string of the molecule is Brc1ccc(CNC2CCNC2)cc1. The van der Waals surface area contributed by atoms with Gasteiger partial charge in [-0.3, -0.25) is 0 Å². The van der Waals surface area contributed by atoms with Gasteiger partial charge in [0.1, 0.15) is 0 Å². The molecule has 1 aromatic rings. The minimum absolute atomic E-state index is 0.652. The number of rotatable bonds is 3. The molecule has 2 rings (SSSR count). The van der Waals surface area contributed by atoms with E-state index in [1.54, 1.807) is 0 Å². The van der Waals surface area contributed by atoms with Gasteiger partial charge in [-0.25, -0.2) is 0 Å². The van der Waals surface area contributed by atoms with E-state index < -0.39 is 0 Å². The highest BCUT2D eigenvalue weighted by molar-refractivity contribution is 9.10. The first-order valence-electron chi connectivity index (χ1n) is 5.03. The van der Waals surface area contributed by atoms with Crippen LogP contribution in [0.1, 0.15) is 12.0 Å². The molecule has 1 heterocycles. The van der Waals surface area contributed by atoms with E-state index in [4.69, 9.17) is 0 Å². The third-order valence-electron chi connectivity index (χ3n) is 2.57. The Labute approximate surface area is 93.2 Å². The molecule has 0 aliphatic carbocycles. The molecule has 1 aliphatic rings. The largest absolute Gasteiger partial charge is 0.315 e. The second kappa shape index (κ2) is 4.91. The average Bonchev–Trinajstić information content (AvgIpc) is 2.70. The highest BCUT2D eigenvalue weighted by atomic mass is 79.9. The molecule has 0 amide bonds. The molecule has 3 heteroatoms. The maximum atomic E-state index is 3.54. The summed E-state index contributed by atoms with van der Waals surface area (Å²) in [4.78, 5) is 0. The molecule has 14 heavy (non-hydrogen) atoms. The highest BCUT2D eigenvalue weighted by Gasteiger charge is 2.12. The first-order valence-corrected chi connectivity index (χ1v) is 5.82. The molecule has 1 saturated heterocycles. The molecule has 1 aromatic carbocycles. The fourth-order valence-electron chi connectivity index (χ4n) is 1.69. The maximum Gasteiger partial charge on any atom is 0.0208 e. The molecule has 0 bridgehead atoms. The Hall–Kier alpha value is -0.380. The van der Waals surface area contributed by atoms with E-state index in [1.807, 2.05) is 0 Å². The van der Waals surface area contributed by atoms with Crippen LogP contribution >= 0.6 is 15.9 Å². The summed E-state index contributed by atoms with van der Waals surface area (Å²) in [6.45, 7) is 3.23. The summed E-state index contributed by atoms with van der Waals surface area (Å²) in [5, 5.41) is 6.89. The van der Waals surface area contributed by atoms with Gasteiger partial charge in [-0.1, -0.05) is 28.1 Å². The number of halogens is 1. The van der Waals surface area contributed by atoms with Crippen LogP contribution in [0.5, 0.6) is 0 Å². The quantitative estimate of drug-likeness (QED) is 0.862. The minimum Gasteiger partial charge on any atom is -0.315 e. The van der Waals surface area contributed by atoms with Gasteiger partial charge in [-0.2, -0.15) is 0 Å². The molecule has 0 aromatic heterocycles. The monoisotopic (exact) mass is 254 g/mol. The lowest BCUT2D eigenvalue weighted by Crippen LogP contribution is -2.30. The van der Waals surface area contributed by atoms with Crippen LogP contribution in [0.3, 0.4) is 0 Å². The molecule has 0 spiro atoms. The van der Waals surface area contributed by atoms with Crippen LogP contribution in [0.2, 0.25) is 0 Å². The van der Waals surface area contributed by atoms with Crippen molar-refractivity contribution in [1.82, 2.24) is 10.6 Å². The van der Waals surface area contributed by atoms with E-state index in [-0.39, 0.29) is 0 Å². The zero-order valence-electron chi connectivity index (χ0n) is 8.09. The molecular formula is C11H15BrN2. The third kappa shape index (κ3) is 2.80. The van der Waals surface area contributed by atoms with Gasteiger partial charge in [0.05, 0.1) is 0 Å². The van der Waals surface area contributed by atoms with Crippen LogP contribution < -0.4 is 10.6 Å². The van der Waals surface area contributed by atoms with Gasteiger partial charge in [-0.15, -0.1) is 0 Å². The second-order valence-electron chi connectivity index (χ2n) is 3.70. The summed E-state index contributed by atoms with van der Waals surface area (Å²) in [5.41, 5.74) is 1.35. The minimum atomic E-state index is 0.652. The third-order valence-corrected chi connectivity index (χ3v) is 3.10. The van der Waals surface area contributed by atoms with E-state index in [0.717, 1.165) is 24.1 Å². The van der Waals surface area contributed by atoms with Gasteiger partial charge in [0.25, 0.3) is 0 Å². The van der Waals surface area contributed by atoms with E-state index >= 15 is 0 Å². The van der Waals surface area contributed by atoms with Crippen LogP contribution in [0.15, 0.2) is 28.7 Å². The van der Waals surface area contributed by atoms with E-state index in [9.17, 15) is 0 Å². The van der Waals surface area contributed by atoms with Crippen molar-refractivity contribution in [2.75, 3.05) is 13.1 Å². The van der Waals surface area contributed by atoms with Gasteiger partial charge >= 0.3 is 0 Å². The topological polar surface area (TPSA) is 24.1 Å². The molecule has 0 radical (unpaired) electrons. The van der Waals surface area contributed by atoms with Gasteiger partial charge in [0.2, 0.25) is 0 Å². The predicted molar refractivity (Wildman–Crippen MR) is 62.3 cm³/mol. The van der Waals surface area contributed by atoms with Crippen LogP contribution in [-0.4, -0.2) is 19.1 Å². The van der Waals surface area contributed by atoms with E-state index in [1.165, 1.54) is 12.0 Å². The van der Waals surface area contributed by atoms with Crippen LogP contribution in [-0.2, 0) is 6.54 Å². The molecule has 1 fully saturated rings. The fraction of sp³-hybridized carbons (Fsp3) is 0.455.